The molecule has 0 saturated carbocycles. The van der Waals surface area contributed by atoms with Gasteiger partial charge in [-0.3, -0.25) is 4.79 Å². The van der Waals surface area contributed by atoms with Crippen molar-refractivity contribution < 1.29 is 157 Å². The highest BCUT2D eigenvalue weighted by Gasteiger charge is 2.83. The van der Waals surface area contributed by atoms with Crippen molar-refractivity contribution in [3.63, 3.8) is 0 Å². The fourth-order valence-corrected chi connectivity index (χ4v) is 19.1. The summed E-state index contributed by atoms with van der Waals surface area (Å²) in [6.07, 6.45) is 0.977. The van der Waals surface area contributed by atoms with Gasteiger partial charge >= 0.3 is 76.1 Å². The largest absolute Gasteiger partial charge is 0.480 e. The van der Waals surface area contributed by atoms with Crippen LogP contribution in [0.4, 0.5) is 79.0 Å². The Morgan fingerprint density at radius 1 is 0.364 bits per heavy atom. The third-order valence-electron chi connectivity index (χ3n) is 15.7. The number of nitrogens with zero attached hydrogens (tertiary/aromatic N) is 2. The lowest BCUT2D eigenvalue weighted by atomic mass is 9.91. The molecule has 0 radical (unpaired) electrons. The zero-order valence-electron chi connectivity index (χ0n) is 61.0. The van der Waals surface area contributed by atoms with Crippen LogP contribution in [0.2, 0.25) is 0 Å². The predicted molar refractivity (Wildman–Crippen MR) is 420 cm³/mol. The highest BCUT2D eigenvalue weighted by Crippen LogP contribution is 2.55. The Hall–Kier alpha value is -8.64. The van der Waals surface area contributed by atoms with E-state index in [0.717, 1.165) is 12.1 Å². The molecule has 1 unspecified atom stereocenters. The van der Waals surface area contributed by atoms with E-state index >= 15 is 0 Å². The predicted octanol–water partition coefficient (Wildman–Crippen LogP) is 20.9. The minimum absolute atomic E-state index is 0. The standard InChI is InChI=1S/C19H19F9NO11S3.2C19H17S.C14H13F9NO7S3.4CH4/c1-4-15(2,3)14(31)39-10-9-38-13(30)11-5-7-12(8-6-11)40-43(36,37)18(24,25)16(20,21)17(22,23)41(32,33)29-42(34,35)19(26,27)28;2*1-16-12-14-19(15-13-16)20(17-8-4-2-5-9-17)18-10-6-3-7-11-18;1-3-8(2)9-4-6-10(7-5-9)31-34(29,30)13(19,20)11(15,16)12(17,18)32(25,26)24-33(27,28)14(21,22)23;;;;/h5-8H,4,9-10H2,1-3H3;2*2-15H,1H3;4-8H,3H2,1-2H3;4*1H4/q-1;2*+1;-1;;;;. The van der Waals surface area contributed by atoms with Crippen LogP contribution in [0.15, 0.2) is 248 Å². The molecule has 0 aliphatic carbocycles. The lowest BCUT2D eigenvalue weighted by Gasteiger charge is -2.35. The van der Waals surface area contributed by atoms with E-state index in [9.17, 15) is 139 Å². The summed E-state index contributed by atoms with van der Waals surface area (Å²) in [6.45, 7) is 11.7. The van der Waals surface area contributed by atoms with Gasteiger partial charge in [-0.1, -0.05) is 171 Å². The molecule has 0 heterocycles. The van der Waals surface area contributed by atoms with Gasteiger partial charge < -0.3 is 26.1 Å². The van der Waals surface area contributed by atoms with Crippen LogP contribution in [0, 0.1) is 19.3 Å². The number of halogens is 18. The van der Waals surface area contributed by atoms with Gasteiger partial charge in [0, 0.05) is 0 Å². The van der Waals surface area contributed by atoms with Crippen molar-refractivity contribution in [1.82, 2.24) is 0 Å². The van der Waals surface area contributed by atoms with Gasteiger partial charge in [0.25, 0.3) is 0 Å². The van der Waals surface area contributed by atoms with Crippen LogP contribution in [0.3, 0.4) is 0 Å². The van der Waals surface area contributed by atoms with Crippen molar-refractivity contribution in [3.8, 4) is 11.5 Å². The summed E-state index contributed by atoms with van der Waals surface area (Å²) in [5.74, 6) is -19.7. The maximum absolute atomic E-state index is 14.2. The smallest absolute Gasteiger partial charge is 0.462 e. The molecule has 0 saturated heterocycles. The number of hydrogen-bond donors (Lipinski definition) is 0. The molecule has 46 heteroatoms. The summed E-state index contributed by atoms with van der Waals surface area (Å²) >= 11 is 0. The van der Waals surface area contributed by atoms with Crippen molar-refractivity contribution in [2.75, 3.05) is 13.2 Å². The van der Waals surface area contributed by atoms with Gasteiger partial charge in [-0.05, 0) is 161 Å². The SMILES string of the molecule is C.C.C.C.CCC(C)(C)C(=O)OCCOC(=O)c1ccc(OS(=O)(=O)C(F)(F)C(F)(F)C(F)(F)S(=O)(=O)[N-]S(=O)(=O)C(F)(F)F)cc1.CCC(C)c1ccc(OS(=O)(=O)C(F)(F)C(F)(F)C(F)(F)S(=O)(=O)[N-]S(=O)(=O)C(F)(F)F)cc1.Cc1ccc([S+](c2ccccc2)c2ccccc2)cc1.Cc1ccc([S+](c2ccccc2)c2ccccc2)cc1. The average molecular weight is 1900 g/mol. The Balaban J connectivity index is 0.000000834. The Kier molecular flexibility index (Phi) is 38.9. The van der Waals surface area contributed by atoms with Crippen molar-refractivity contribution in [2.45, 2.75) is 170 Å². The van der Waals surface area contributed by atoms with Gasteiger partial charge in [-0.25, -0.2) is 38.5 Å². The third kappa shape index (κ3) is 26.2. The lowest BCUT2D eigenvalue weighted by Crippen LogP contribution is -2.61. The molecule has 0 N–H and O–H groups in total. The molecule has 0 bridgehead atoms. The number of benzene rings is 8. The molecule has 1 atom stereocenters. The molecule has 8 aromatic carbocycles. The number of rotatable bonds is 30. The molecular weight excluding hydrogens is 1820 g/mol. The monoisotopic (exact) mass is 1900 g/mol. The van der Waals surface area contributed by atoms with E-state index in [2.05, 4.69) is 192 Å². The number of alkyl halides is 18. The molecular formula is C75H82F18N2O18S8. The number of carbonyl (C=O) groups is 2. The van der Waals surface area contributed by atoms with Gasteiger partial charge in [0.15, 0.2) is 69.5 Å². The number of carbonyl (C=O) groups excluding carboxylic acids is 2. The normalized spacial score (nSPS) is 13.0. The Morgan fingerprint density at radius 2 is 0.628 bits per heavy atom. The van der Waals surface area contributed by atoms with Crippen molar-refractivity contribution >= 4 is 94.1 Å². The van der Waals surface area contributed by atoms with Gasteiger partial charge in [0.2, 0.25) is 0 Å². The van der Waals surface area contributed by atoms with Crippen molar-refractivity contribution in [2.24, 2.45) is 5.41 Å². The maximum Gasteiger partial charge on any atom is 0.480 e. The second-order valence-electron chi connectivity index (χ2n) is 24.6. The quantitative estimate of drug-likeness (QED) is 0.0133. The van der Waals surface area contributed by atoms with E-state index in [4.69, 9.17) is 9.47 Å². The van der Waals surface area contributed by atoms with E-state index in [1.54, 1.807) is 34.6 Å². The zero-order valence-corrected chi connectivity index (χ0v) is 67.5. The average Bonchev–Trinajstić information content (AvgIpc) is 0.719. The van der Waals surface area contributed by atoms with Crippen molar-refractivity contribution in [1.29, 1.82) is 0 Å². The minimum atomic E-state index is -8.06. The first-order chi connectivity index (χ1) is 53.6. The number of sulfonamides is 4. The molecule has 121 heavy (non-hydrogen) atoms. The van der Waals surface area contributed by atoms with Crippen LogP contribution in [-0.2, 0) is 96.4 Å². The molecule has 0 spiro atoms. The Morgan fingerprint density at radius 3 is 0.893 bits per heavy atom. The van der Waals surface area contributed by atoms with Crippen LogP contribution in [-0.4, -0.2) is 120 Å². The second-order valence-corrected chi connectivity index (χ2v) is 38.8. The van der Waals surface area contributed by atoms with Gasteiger partial charge in [0.05, 0.1) is 32.8 Å². The summed E-state index contributed by atoms with van der Waals surface area (Å²) in [4.78, 5) is 32.0. The molecule has 0 fully saturated rings. The highest BCUT2D eigenvalue weighted by molar-refractivity contribution is 8.13. The van der Waals surface area contributed by atoms with Crippen LogP contribution in [0.5, 0.6) is 11.5 Å². The molecule has 8 rings (SSSR count). The van der Waals surface area contributed by atoms with Gasteiger partial charge in [-0.15, -0.1) is 0 Å². The Labute approximate surface area is 695 Å². The lowest BCUT2D eigenvalue weighted by molar-refractivity contribution is -0.245. The first-order valence-electron chi connectivity index (χ1n) is 32.7. The molecule has 0 aliphatic heterocycles. The third-order valence-corrected chi connectivity index (χ3v) is 28.9. The zero-order chi connectivity index (χ0) is 88.8. The summed E-state index contributed by atoms with van der Waals surface area (Å²) in [6, 6.07) is 66.2. The topological polar surface area (TPSA) is 304 Å². The number of esters is 2. The molecule has 0 amide bonds. The maximum atomic E-state index is 14.2. The summed E-state index contributed by atoms with van der Waals surface area (Å²) in [7, 11) is -45.6. The summed E-state index contributed by atoms with van der Waals surface area (Å²) in [5, 5.41) is -29.4. The summed E-state index contributed by atoms with van der Waals surface area (Å²) in [5.41, 5.74) is -11.7. The van der Waals surface area contributed by atoms with E-state index in [1.165, 1.54) is 40.5 Å². The Bertz CT molecular complexity index is 5190. The number of aryl methyl sites for hydroxylation is 2. The highest BCUT2D eigenvalue weighted by atomic mass is 32.3. The molecule has 20 nitrogen and oxygen atoms in total. The first-order valence-corrected chi connectivity index (χ1v) is 43.7. The van der Waals surface area contributed by atoms with Crippen LogP contribution in [0.1, 0.15) is 110 Å². The van der Waals surface area contributed by atoms with E-state index in [-0.39, 0.29) is 57.4 Å². The fraction of sp³-hybridized carbons (Fsp3) is 0.333. The molecule has 0 aliphatic rings. The summed E-state index contributed by atoms with van der Waals surface area (Å²) < 4.78 is 393. The van der Waals surface area contributed by atoms with Crippen LogP contribution < -0.4 is 8.37 Å². The fourth-order valence-electron chi connectivity index (χ4n) is 8.59. The van der Waals surface area contributed by atoms with E-state index in [1.807, 2.05) is 0 Å². The number of hydrogen-bond acceptors (Lipinski definition) is 18. The molecule has 674 valence electrons. The van der Waals surface area contributed by atoms with Crippen LogP contribution >= 0.6 is 0 Å². The number of ether oxygens (including phenoxy) is 2. The minimum Gasteiger partial charge on any atom is -0.462 e. The van der Waals surface area contributed by atoms with Gasteiger partial charge in [0.1, 0.15) is 24.7 Å². The van der Waals surface area contributed by atoms with E-state index in [0.29, 0.717) is 63.1 Å². The van der Waals surface area contributed by atoms with Crippen LogP contribution in [0.25, 0.3) is 8.25 Å². The van der Waals surface area contributed by atoms with E-state index < -0.39 is 152 Å². The van der Waals surface area contributed by atoms with Gasteiger partial charge in [-0.2, -0.15) is 95.9 Å². The first kappa shape index (κ1) is 110. The van der Waals surface area contributed by atoms with Crippen molar-refractivity contribution in [3.05, 3.63) is 249 Å². The molecule has 8 aromatic rings. The molecule has 0 aromatic heterocycles. The second kappa shape index (κ2) is 42.6.